The van der Waals surface area contributed by atoms with Gasteiger partial charge in [0.05, 0.1) is 27.0 Å². The Labute approximate surface area is 201 Å². The number of carbonyl (C=O) groups excluding carboxylic acids is 1. The zero-order valence-corrected chi connectivity index (χ0v) is 20.5. The van der Waals surface area contributed by atoms with Gasteiger partial charge in [-0.3, -0.25) is 4.79 Å². The van der Waals surface area contributed by atoms with Crippen molar-refractivity contribution in [3.05, 3.63) is 69.6 Å². The molecule has 1 aliphatic rings. The fraction of sp³-hybridized carbons (Fsp3) is 0.320. The summed E-state index contributed by atoms with van der Waals surface area (Å²) in [6, 6.07) is 13.7. The van der Waals surface area contributed by atoms with Crippen molar-refractivity contribution >= 4 is 39.9 Å². The van der Waals surface area contributed by atoms with Gasteiger partial charge in [-0.05, 0) is 44.0 Å². The van der Waals surface area contributed by atoms with E-state index in [-0.39, 0.29) is 12.0 Å². The van der Waals surface area contributed by atoms with E-state index in [0.717, 1.165) is 37.9 Å². The van der Waals surface area contributed by atoms with Crippen molar-refractivity contribution < 1.29 is 9.53 Å². The molecule has 0 saturated carbocycles. The minimum atomic E-state index is -0.679. The average Bonchev–Trinajstić information content (AvgIpc) is 3.52. The molecule has 0 radical (unpaired) electrons. The molecule has 8 heteroatoms. The number of fused-ring (bicyclic) bond motifs is 1. The van der Waals surface area contributed by atoms with E-state index >= 15 is 0 Å². The first-order chi connectivity index (χ1) is 15.8. The second-order valence-corrected chi connectivity index (χ2v) is 10.3. The van der Waals surface area contributed by atoms with Gasteiger partial charge in [0.2, 0.25) is 0 Å². The number of hydrogen-bond acceptors (Lipinski definition) is 5. The Hall–Kier alpha value is -2.74. The highest BCUT2D eigenvalue weighted by molar-refractivity contribution is 7.15. The maximum atomic E-state index is 14.0. The molecule has 2 atom stereocenters. The number of thiazole rings is 1. The number of H-pyrrole nitrogens is 1. The van der Waals surface area contributed by atoms with Gasteiger partial charge in [0.15, 0.2) is 0 Å². The number of rotatable bonds is 4. The maximum Gasteiger partial charge on any atom is 0.274 e. The van der Waals surface area contributed by atoms with Crippen LogP contribution in [0, 0.1) is 13.8 Å². The molecule has 1 fully saturated rings. The van der Waals surface area contributed by atoms with E-state index in [1.165, 1.54) is 11.3 Å². The van der Waals surface area contributed by atoms with Gasteiger partial charge < -0.3 is 14.6 Å². The van der Waals surface area contributed by atoms with Crippen LogP contribution in [0.5, 0.6) is 0 Å². The molecule has 2 aromatic heterocycles. The number of halogens is 1. The van der Waals surface area contributed by atoms with Gasteiger partial charge >= 0.3 is 0 Å². The number of likely N-dealkylation sites (tertiary alicyclic amines) is 1. The molecule has 0 aliphatic carbocycles. The number of imidazole rings is 1. The molecule has 0 bridgehead atoms. The summed E-state index contributed by atoms with van der Waals surface area (Å²) in [5.41, 5.74) is 3.42. The number of nitrogens with zero attached hydrogens (tertiary/aromatic N) is 3. The Bertz CT molecular complexity index is 1350. The van der Waals surface area contributed by atoms with Crippen LogP contribution in [0.1, 0.15) is 40.2 Å². The second kappa shape index (κ2) is 8.24. The minimum Gasteiger partial charge on any atom is -0.380 e. The number of methoxy groups -OCH3 is 1. The SMILES string of the molecule is CO[C@H]1CN(C(=O)c2nc(C)sc2-c2ccccc2)C(C)(c2nc3c(C)c(Cl)ccc3[nH]2)C1. The molecule has 1 N–H and O–H groups in total. The molecule has 1 unspecified atom stereocenters. The number of aromatic nitrogens is 3. The summed E-state index contributed by atoms with van der Waals surface area (Å²) in [5, 5.41) is 1.53. The third-order valence-corrected chi connectivity index (χ3v) is 7.94. The lowest BCUT2D eigenvalue weighted by atomic mass is 9.96. The van der Waals surface area contributed by atoms with Crippen LogP contribution in [0.3, 0.4) is 0 Å². The van der Waals surface area contributed by atoms with Crippen molar-refractivity contribution in [2.75, 3.05) is 13.7 Å². The van der Waals surface area contributed by atoms with Gasteiger partial charge in [0, 0.05) is 25.1 Å². The normalized spacial score (nSPS) is 20.6. The quantitative estimate of drug-likeness (QED) is 0.404. The number of benzene rings is 2. The fourth-order valence-corrected chi connectivity index (χ4v) is 5.71. The number of carbonyl (C=O) groups is 1. The van der Waals surface area contributed by atoms with Gasteiger partial charge in [0.25, 0.3) is 5.91 Å². The van der Waals surface area contributed by atoms with Gasteiger partial charge in [-0.2, -0.15) is 0 Å². The fourth-order valence-electron chi connectivity index (χ4n) is 4.64. The van der Waals surface area contributed by atoms with Crippen molar-refractivity contribution in [3.63, 3.8) is 0 Å². The molecular weight excluding hydrogens is 456 g/mol. The molecule has 6 nitrogen and oxygen atoms in total. The summed E-state index contributed by atoms with van der Waals surface area (Å²) in [5.74, 6) is 0.611. The first-order valence-corrected chi connectivity index (χ1v) is 12.0. The van der Waals surface area contributed by atoms with E-state index in [0.29, 0.717) is 23.7 Å². The largest absolute Gasteiger partial charge is 0.380 e. The van der Waals surface area contributed by atoms with Crippen LogP contribution in [-0.2, 0) is 10.3 Å². The number of amides is 1. The Morgan fingerprint density at radius 3 is 2.70 bits per heavy atom. The molecular formula is C25H25ClN4O2S. The third-order valence-electron chi connectivity index (χ3n) is 6.51. The predicted molar refractivity (Wildman–Crippen MR) is 132 cm³/mol. The first-order valence-electron chi connectivity index (χ1n) is 10.8. The highest BCUT2D eigenvalue weighted by Crippen LogP contribution is 2.42. The van der Waals surface area contributed by atoms with E-state index in [2.05, 4.69) is 9.97 Å². The molecule has 33 heavy (non-hydrogen) atoms. The Morgan fingerprint density at radius 1 is 1.21 bits per heavy atom. The lowest BCUT2D eigenvalue weighted by Crippen LogP contribution is -2.44. The molecule has 1 amide bonds. The highest BCUT2D eigenvalue weighted by Gasteiger charge is 2.49. The summed E-state index contributed by atoms with van der Waals surface area (Å²) < 4.78 is 5.71. The summed E-state index contributed by atoms with van der Waals surface area (Å²) >= 11 is 7.86. The van der Waals surface area contributed by atoms with Crippen molar-refractivity contribution in [1.82, 2.24) is 19.9 Å². The Balaban J connectivity index is 1.60. The summed E-state index contributed by atoms with van der Waals surface area (Å²) in [4.78, 5) is 29.7. The lowest BCUT2D eigenvalue weighted by Gasteiger charge is -2.33. The van der Waals surface area contributed by atoms with Crippen LogP contribution in [0.25, 0.3) is 21.5 Å². The summed E-state index contributed by atoms with van der Waals surface area (Å²) in [6.45, 7) is 6.39. The van der Waals surface area contributed by atoms with Crippen LogP contribution in [-0.4, -0.2) is 45.5 Å². The minimum absolute atomic E-state index is 0.100. The number of hydrogen-bond donors (Lipinski definition) is 1. The number of nitrogens with one attached hydrogen (secondary N) is 1. The van der Waals surface area contributed by atoms with E-state index in [4.69, 9.17) is 21.3 Å². The van der Waals surface area contributed by atoms with E-state index < -0.39 is 5.54 Å². The first kappa shape index (κ1) is 22.1. The van der Waals surface area contributed by atoms with Crippen LogP contribution in [0.2, 0.25) is 5.02 Å². The summed E-state index contributed by atoms with van der Waals surface area (Å²) in [6.07, 6.45) is 0.530. The Morgan fingerprint density at radius 2 is 1.97 bits per heavy atom. The molecule has 1 saturated heterocycles. The van der Waals surface area contributed by atoms with Crippen LogP contribution in [0.15, 0.2) is 42.5 Å². The average molecular weight is 481 g/mol. The monoisotopic (exact) mass is 480 g/mol. The second-order valence-electron chi connectivity index (χ2n) is 8.68. The molecule has 2 aromatic carbocycles. The van der Waals surface area contributed by atoms with Crippen LogP contribution < -0.4 is 0 Å². The van der Waals surface area contributed by atoms with Crippen molar-refractivity contribution in [2.45, 2.75) is 38.8 Å². The zero-order valence-electron chi connectivity index (χ0n) is 19.0. The van der Waals surface area contributed by atoms with Crippen LogP contribution in [0.4, 0.5) is 0 Å². The van der Waals surface area contributed by atoms with E-state index in [1.54, 1.807) is 7.11 Å². The molecule has 3 heterocycles. The van der Waals surface area contributed by atoms with Gasteiger partial charge in [-0.15, -0.1) is 11.3 Å². The topological polar surface area (TPSA) is 71.1 Å². The predicted octanol–water partition coefficient (Wildman–Crippen LogP) is 5.73. The highest BCUT2D eigenvalue weighted by atomic mass is 35.5. The lowest BCUT2D eigenvalue weighted by molar-refractivity contribution is 0.0586. The molecule has 1 aliphatic heterocycles. The van der Waals surface area contributed by atoms with Gasteiger partial charge in [0.1, 0.15) is 17.1 Å². The molecule has 4 aromatic rings. The van der Waals surface area contributed by atoms with Gasteiger partial charge in [-0.25, -0.2) is 9.97 Å². The third kappa shape index (κ3) is 3.64. The zero-order chi connectivity index (χ0) is 23.3. The van der Waals surface area contributed by atoms with E-state index in [9.17, 15) is 4.79 Å². The number of aryl methyl sites for hydroxylation is 2. The van der Waals surface area contributed by atoms with E-state index in [1.807, 2.05) is 68.1 Å². The summed E-state index contributed by atoms with van der Waals surface area (Å²) in [7, 11) is 1.68. The van der Waals surface area contributed by atoms with Crippen molar-refractivity contribution in [3.8, 4) is 10.4 Å². The van der Waals surface area contributed by atoms with Crippen molar-refractivity contribution in [2.24, 2.45) is 0 Å². The van der Waals surface area contributed by atoms with Gasteiger partial charge in [-0.1, -0.05) is 41.9 Å². The molecule has 170 valence electrons. The molecule has 0 spiro atoms. The number of aromatic amines is 1. The smallest absolute Gasteiger partial charge is 0.274 e. The molecule has 5 rings (SSSR count). The number of ether oxygens (including phenoxy) is 1. The maximum absolute atomic E-state index is 14.0. The van der Waals surface area contributed by atoms with Crippen molar-refractivity contribution in [1.29, 1.82) is 0 Å². The van der Waals surface area contributed by atoms with Crippen LogP contribution >= 0.6 is 22.9 Å². The standard InChI is InChI=1S/C25H25ClN4O2S/c1-14-18(26)10-11-19-20(14)29-24(28-19)25(3)12-17(32-4)13-30(25)23(31)21-22(33-15(2)27-21)16-8-6-5-7-9-16/h5-11,17H,12-13H2,1-4H3,(H,28,29)/t17-,25?/m1/s1. The Kier molecular flexibility index (Phi) is 5.51.